The highest BCUT2D eigenvalue weighted by Crippen LogP contribution is 2.31. The van der Waals surface area contributed by atoms with Crippen LogP contribution >= 0.6 is 0 Å². The molecule has 1 amide bonds. The summed E-state index contributed by atoms with van der Waals surface area (Å²) in [6, 6.07) is 0. The lowest BCUT2D eigenvalue weighted by molar-refractivity contribution is -0.149. The molecular weight excluding hydrogens is 545 g/mol. The number of rotatable bonds is 6. The second kappa shape index (κ2) is 16.4. The summed E-state index contributed by atoms with van der Waals surface area (Å²) in [6.45, 7) is 7.68. The fraction of sp³-hybridized carbons (Fsp3) is 0.562. The molecule has 0 aromatic rings. The maximum absolute atomic E-state index is 13.5. The molecule has 9 nitrogen and oxygen atoms in total. The third-order valence-electron chi connectivity index (χ3n) is 7.52. The molecule has 0 radical (unpaired) electrons. The van der Waals surface area contributed by atoms with Crippen LogP contribution in [-0.4, -0.2) is 73.9 Å². The number of amides is 1. The number of carbonyl (C=O) groups is 4. The van der Waals surface area contributed by atoms with Crippen LogP contribution in [0, 0.1) is 11.8 Å². The molecule has 0 saturated carbocycles. The van der Waals surface area contributed by atoms with E-state index in [9.17, 15) is 28.7 Å². The third-order valence-corrected chi connectivity index (χ3v) is 7.52. The molecule has 0 saturated heterocycles. The number of allylic oxidation sites excluding steroid dienone is 5. The summed E-state index contributed by atoms with van der Waals surface area (Å²) in [5, 5.41) is 13.8. The Balaban J connectivity index is 2.61. The van der Waals surface area contributed by atoms with E-state index in [4.69, 9.17) is 14.2 Å². The van der Waals surface area contributed by atoms with Gasteiger partial charge in [0.05, 0.1) is 24.6 Å². The topological polar surface area (TPSA) is 128 Å². The average molecular weight is 590 g/mol. The average Bonchev–Trinajstić information content (AvgIpc) is 2.94. The summed E-state index contributed by atoms with van der Waals surface area (Å²) in [5.41, 5.74) is 1.23. The van der Waals surface area contributed by atoms with Crippen molar-refractivity contribution < 1.29 is 42.9 Å². The van der Waals surface area contributed by atoms with E-state index in [0.29, 0.717) is 12.0 Å². The van der Waals surface area contributed by atoms with E-state index in [-0.39, 0.29) is 47.6 Å². The van der Waals surface area contributed by atoms with Crippen molar-refractivity contribution >= 4 is 23.4 Å². The van der Waals surface area contributed by atoms with Crippen molar-refractivity contribution in [3.8, 4) is 0 Å². The molecule has 0 aromatic carbocycles. The molecule has 0 unspecified atom stereocenters. The van der Waals surface area contributed by atoms with Gasteiger partial charge in [0.1, 0.15) is 6.10 Å². The first-order valence-electron chi connectivity index (χ1n) is 14.2. The number of Topliss-reactive ketones (excluding diaryl/α,β-unsaturated/α-hetero) is 1. The molecule has 1 aliphatic carbocycles. The van der Waals surface area contributed by atoms with Gasteiger partial charge >= 0.3 is 5.97 Å². The number of fused-ring (bicyclic) bond motifs is 2. The van der Waals surface area contributed by atoms with Crippen LogP contribution in [0.5, 0.6) is 0 Å². The van der Waals surface area contributed by atoms with E-state index in [1.807, 2.05) is 13.8 Å². The summed E-state index contributed by atoms with van der Waals surface area (Å²) >= 11 is 0. The van der Waals surface area contributed by atoms with Gasteiger partial charge in [0.15, 0.2) is 11.9 Å². The van der Waals surface area contributed by atoms with Crippen molar-refractivity contribution in [1.29, 1.82) is 0 Å². The van der Waals surface area contributed by atoms with Crippen LogP contribution in [0.25, 0.3) is 0 Å². The number of ketones is 2. The summed E-state index contributed by atoms with van der Waals surface area (Å²) in [4.78, 5) is 51.4. The molecule has 0 aromatic heterocycles. The van der Waals surface area contributed by atoms with Crippen LogP contribution in [0.15, 0.2) is 58.4 Å². The number of esters is 1. The third kappa shape index (κ3) is 9.40. The molecule has 2 aliphatic rings. The predicted molar refractivity (Wildman–Crippen MR) is 156 cm³/mol. The highest BCUT2D eigenvalue weighted by molar-refractivity contribution is 6.23. The number of methoxy groups -OCH3 is 2. The highest BCUT2D eigenvalue weighted by Gasteiger charge is 2.33. The standard InChI is InChI=1S/C32H44FNO8/c1-18-14-24-23(11-9-13-33)26(36)17-25(30(24)38)34-32(39)19(2)10-8-12-27(40-6)31(42-22(5)35)21(4)16-20(3)29(37)28(15-18)41-7/h8,10,12,16-18,20,27-29,31,37H,9,11,13-15H2,1-7H3,(H,34,39)/b12-8-,19-10+,21-16+/t18-,20+,27+,28+,29-,31+/m1/s1. The highest BCUT2D eigenvalue weighted by atomic mass is 19.1. The molecule has 232 valence electrons. The second-order valence-electron chi connectivity index (χ2n) is 11.0. The fourth-order valence-corrected chi connectivity index (χ4v) is 5.22. The van der Waals surface area contributed by atoms with E-state index in [2.05, 4.69) is 5.32 Å². The van der Waals surface area contributed by atoms with Crippen LogP contribution < -0.4 is 5.32 Å². The number of aliphatic hydroxyl groups excluding tert-OH is 1. The monoisotopic (exact) mass is 589 g/mol. The molecule has 6 atom stereocenters. The first-order chi connectivity index (χ1) is 19.8. The number of aliphatic hydroxyl groups is 1. The molecule has 0 fully saturated rings. The van der Waals surface area contributed by atoms with Crippen molar-refractivity contribution in [2.24, 2.45) is 11.8 Å². The Morgan fingerprint density at radius 3 is 2.43 bits per heavy atom. The Morgan fingerprint density at radius 2 is 1.83 bits per heavy atom. The molecule has 2 N–H and O–H groups in total. The molecule has 10 heteroatoms. The summed E-state index contributed by atoms with van der Waals surface area (Å²) in [5.74, 6) is -2.66. The number of hydrogen-bond donors (Lipinski definition) is 2. The second-order valence-corrected chi connectivity index (χ2v) is 11.0. The van der Waals surface area contributed by atoms with E-state index >= 15 is 0 Å². The molecule has 2 rings (SSSR count). The van der Waals surface area contributed by atoms with Crippen molar-refractivity contribution in [2.75, 3.05) is 20.9 Å². The number of carbonyl (C=O) groups excluding carboxylic acids is 4. The Labute approximate surface area is 247 Å². The van der Waals surface area contributed by atoms with Gasteiger partial charge in [-0.1, -0.05) is 38.2 Å². The number of ether oxygens (including phenoxy) is 3. The minimum Gasteiger partial charge on any atom is -0.455 e. The van der Waals surface area contributed by atoms with Gasteiger partial charge in [-0.2, -0.15) is 0 Å². The Kier molecular flexibility index (Phi) is 13.7. The van der Waals surface area contributed by atoms with Gasteiger partial charge in [-0.3, -0.25) is 23.6 Å². The van der Waals surface area contributed by atoms with Crippen LogP contribution in [0.2, 0.25) is 0 Å². The maximum atomic E-state index is 13.5. The van der Waals surface area contributed by atoms with Crippen molar-refractivity contribution in [3.63, 3.8) is 0 Å². The molecule has 1 heterocycles. The smallest absolute Gasteiger partial charge is 0.303 e. The summed E-state index contributed by atoms with van der Waals surface area (Å²) in [6.07, 6.45) is 5.24. The normalized spacial score (nSPS) is 31.8. The van der Waals surface area contributed by atoms with E-state index in [0.717, 1.165) is 6.08 Å². The zero-order valence-electron chi connectivity index (χ0n) is 25.6. The summed E-state index contributed by atoms with van der Waals surface area (Å²) < 4.78 is 29.8. The number of halogens is 1. The van der Waals surface area contributed by atoms with E-state index < -0.39 is 60.5 Å². The van der Waals surface area contributed by atoms with Crippen molar-refractivity contribution in [3.05, 3.63) is 58.4 Å². The van der Waals surface area contributed by atoms with E-state index in [1.165, 1.54) is 27.2 Å². The Bertz CT molecular complexity index is 1180. The maximum Gasteiger partial charge on any atom is 0.303 e. The van der Waals surface area contributed by atoms with Gasteiger partial charge in [-0.15, -0.1) is 0 Å². The Hall–Kier alpha value is -3.21. The number of nitrogens with one attached hydrogen (secondary N) is 1. The quantitative estimate of drug-likeness (QED) is 0.270. The van der Waals surface area contributed by atoms with Crippen molar-refractivity contribution in [2.45, 2.75) is 84.7 Å². The van der Waals surface area contributed by atoms with Gasteiger partial charge in [0.25, 0.3) is 5.91 Å². The van der Waals surface area contributed by atoms with Gasteiger partial charge in [-0.25, -0.2) is 0 Å². The zero-order valence-corrected chi connectivity index (χ0v) is 25.6. The van der Waals surface area contributed by atoms with Crippen LogP contribution in [0.4, 0.5) is 4.39 Å². The van der Waals surface area contributed by atoms with E-state index in [1.54, 1.807) is 32.1 Å². The van der Waals surface area contributed by atoms with Crippen LogP contribution in [0.1, 0.15) is 60.3 Å². The predicted octanol–water partition coefficient (Wildman–Crippen LogP) is 4.02. The van der Waals surface area contributed by atoms with Crippen molar-refractivity contribution in [1.82, 2.24) is 5.32 Å². The van der Waals surface area contributed by atoms with Gasteiger partial charge in [0.2, 0.25) is 5.78 Å². The summed E-state index contributed by atoms with van der Waals surface area (Å²) in [7, 11) is 2.95. The number of alkyl halides is 1. The van der Waals surface area contributed by atoms with Gasteiger partial charge in [-0.05, 0) is 51.0 Å². The first kappa shape index (κ1) is 35.0. The minimum absolute atomic E-state index is 0.0926. The molecular formula is C32H44FNO8. The molecule has 0 spiro atoms. The Morgan fingerprint density at radius 1 is 1.14 bits per heavy atom. The lowest BCUT2D eigenvalue weighted by atomic mass is 9.82. The first-order valence-corrected chi connectivity index (χ1v) is 14.2. The molecule has 2 bridgehead atoms. The number of hydrogen-bond acceptors (Lipinski definition) is 8. The van der Waals surface area contributed by atoms with Gasteiger partial charge in [0, 0.05) is 49.9 Å². The lowest BCUT2D eigenvalue weighted by Gasteiger charge is -2.30. The van der Waals surface area contributed by atoms with Crippen LogP contribution in [-0.2, 0) is 33.4 Å². The minimum atomic E-state index is -0.951. The fourth-order valence-electron chi connectivity index (χ4n) is 5.22. The molecule has 42 heavy (non-hydrogen) atoms. The SMILES string of the molecule is CO[C@H]1/C=C\C=C(/C)C(=O)NC2=CC(=O)C(CCCF)=C(C[C@@H](C)C[C@H](OC)[C@H](O)[C@@H](C)/C=C(\C)[C@@H]1OC(C)=O)C2=O. The van der Waals surface area contributed by atoms with Crippen LogP contribution in [0.3, 0.4) is 0 Å². The zero-order chi connectivity index (χ0) is 31.6. The lowest BCUT2D eigenvalue weighted by Crippen LogP contribution is -2.36. The molecule has 1 aliphatic heterocycles. The van der Waals surface area contributed by atoms with Gasteiger partial charge < -0.3 is 24.6 Å². The largest absolute Gasteiger partial charge is 0.455 e.